The fraction of sp³-hybridized carbons (Fsp3) is 0.579. The van der Waals surface area contributed by atoms with E-state index in [0.717, 1.165) is 31.5 Å². The summed E-state index contributed by atoms with van der Waals surface area (Å²) in [5.74, 6) is 0.138. The quantitative estimate of drug-likeness (QED) is 0.803. The molecule has 0 aliphatic carbocycles. The Kier molecular flexibility index (Phi) is 7.43. The fourth-order valence-electron chi connectivity index (χ4n) is 3.97. The lowest BCUT2D eigenvalue weighted by molar-refractivity contribution is -0.128. The number of rotatable bonds is 5. The third kappa shape index (κ3) is 4.55. The van der Waals surface area contributed by atoms with Crippen LogP contribution in [0.15, 0.2) is 24.3 Å². The molecule has 2 aliphatic heterocycles. The van der Waals surface area contributed by atoms with Gasteiger partial charge in [0, 0.05) is 31.4 Å². The van der Waals surface area contributed by atoms with Gasteiger partial charge in [-0.05, 0) is 44.4 Å². The van der Waals surface area contributed by atoms with E-state index in [-0.39, 0.29) is 36.2 Å². The number of piperidine rings is 1. The number of hydrogen-bond donors (Lipinski definition) is 2. The van der Waals surface area contributed by atoms with Gasteiger partial charge in [0.15, 0.2) is 0 Å². The molecule has 3 rings (SSSR count). The van der Waals surface area contributed by atoms with E-state index in [2.05, 4.69) is 23.2 Å². The second-order valence-electron chi connectivity index (χ2n) is 7.10. The smallest absolute Gasteiger partial charge is 0.241 e. The van der Waals surface area contributed by atoms with Crippen LogP contribution in [0.25, 0.3) is 0 Å². The summed E-state index contributed by atoms with van der Waals surface area (Å²) >= 11 is 0. The van der Waals surface area contributed by atoms with E-state index < -0.39 is 0 Å². The molecule has 1 fully saturated rings. The van der Waals surface area contributed by atoms with Crippen LogP contribution in [0.4, 0.5) is 5.69 Å². The van der Waals surface area contributed by atoms with Crippen LogP contribution in [0.3, 0.4) is 0 Å². The van der Waals surface area contributed by atoms with Crippen molar-refractivity contribution in [2.24, 2.45) is 11.7 Å². The van der Waals surface area contributed by atoms with Crippen molar-refractivity contribution in [2.75, 3.05) is 37.6 Å². The van der Waals surface area contributed by atoms with Gasteiger partial charge in [0.1, 0.15) is 0 Å². The van der Waals surface area contributed by atoms with Crippen molar-refractivity contribution in [3.05, 3.63) is 29.8 Å². The molecule has 0 bridgehead atoms. The molecule has 2 amide bonds. The normalized spacial score (nSPS) is 22.5. The van der Waals surface area contributed by atoms with Gasteiger partial charge >= 0.3 is 0 Å². The Morgan fingerprint density at radius 3 is 2.85 bits per heavy atom. The molecule has 2 atom stereocenters. The Morgan fingerprint density at radius 1 is 1.31 bits per heavy atom. The summed E-state index contributed by atoms with van der Waals surface area (Å²) in [4.78, 5) is 29.1. The second-order valence-corrected chi connectivity index (χ2v) is 7.10. The van der Waals surface area contributed by atoms with Crippen molar-refractivity contribution < 1.29 is 9.59 Å². The number of likely N-dealkylation sites (tertiary alicyclic amines) is 1. The summed E-state index contributed by atoms with van der Waals surface area (Å²) in [5, 5.41) is 2.87. The first-order chi connectivity index (χ1) is 12.1. The minimum atomic E-state index is -0.0450. The van der Waals surface area contributed by atoms with Crippen LogP contribution in [0.2, 0.25) is 0 Å². The number of nitrogens with two attached hydrogens (primary N) is 1. The average molecular weight is 381 g/mol. The number of nitrogens with zero attached hydrogens (tertiary/aromatic N) is 2. The van der Waals surface area contributed by atoms with Crippen LogP contribution in [-0.4, -0.2) is 55.5 Å². The summed E-state index contributed by atoms with van der Waals surface area (Å²) in [6, 6.07) is 8.32. The zero-order valence-corrected chi connectivity index (χ0v) is 16.1. The standard InChI is InChI=1S/C19H28N4O2.ClH/c1-14-11-15-5-2-3-7-17(15)23(14)18(24)13-22-10-4-6-16(12-22)19(25)21-9-8-20;/h2-3,5,7,14,16H,4,6,8-13,20H2,1H3,(H,21,25);1H. The predicted molar refractivity (Wildman–Crippen MR) is 106 cm³/mol. The topological polar surface area (TPSA) is 78.7 Å². The first kappa shape index (κ1) is 20.7. The lowest BCUT2D eigenvalue weighted by Crippen LogP contribution is -2.48. The molecule has 0 spiro atoms. The Balaban J connectivity index is 0.00000243. The summed E-state index contributed by atoms with van der Waals surface area (Å²) in [7, 11) is 0. The number of amides is 2. The van der Waals surface area contributed by atoms with Crippen LogP contribution < -0.4 is 16.0 Å². The molecule has 144 valence electrons. The monoisotopic (exact) mass is 380 g/mol. The highest BCUT2D eigenvalue weighted by atomic mass is 35.5. The van der Waals surface area contributed by atoms with Gasteiger partial charge in [0.05, 0.1) is 12.5 Å². The fourth-order valence-corrected chi connectivity index (χ4v) is 3.97. The van der Waals surface area contributed by atoms with Crippen LogP contribution in [-0.2, 0) is 16.0 Å². The summed E-state index contributed by atoms with van der Waals surface area (Å²) in [5.41, 5.74) is 7.72. The number of benzene rings is 1. The zero-order valence-electron chi connectivity index (χ0n) is 15.3. The highest BCUT2D eigenvalue weighted by molar-refractivity contribution is 5.97. The summed E-state index contributed by atoms with van der Waals surface area (Å²) in [6.07, 6.45) is 2.73. The van der Waals surface area contributed by atoms with Crippen molar-refractivity contribution in [2.45, 2.75) is 32.2 Å². The Morgan fingerprint density at radius 2 is 2.08 bits per heavy atom. The maximum absolute atomic E-state index is 12.9. The molecule has 0 aromatic heterocycles. The van der Waals surface area contributed by atoms with E-state index in [1.165, 1.54) is 5.56 Å². The molecule has 1 aromatic rings. The lowest BCUT2D eigenvalue weighted by Gasteiger charge is -2.33. The number of halogens is 1. The number of para-hydroxylation sites is 1. The molecule has 0 radical (unpaired) electrons. The number of carbonyl (C=O) groups is 2. The van der Waals surface area contributed by atoms with E-state index in [0.29, 0.717) is 26.2 Å². The molecule has 7 heteroatoms. The van der Waals surface area contributed by atoms with Gasteiger partial charge in [-0.15, -0.1) is 12.4 Å². The van der Waals surface area contributed by atoms with Crippen LogP contribution in [0.5, 0.6) is 0 Å². The Bertz CT molecular complexity index is 640. The zero-order chi connectivity index (χ0) is 17.8. The lowest BCUT2D eigenvalue weighted by atomic mass is 9.97. The van der Waals surface area contributed by atoms with Gasteiger partial charge in [-0.2, -0.15) is 0 Å². The van der Waals surface area contributed by atoms with E-state index in [9.17, 15) is 9.59 Å². The van der Waals surface area contributed by atoms with Crippen molar-refractivity contribution in [1.82, 2.24) is 10.2 Å². The Labute approximate surface area is 161 Å². The molecule has 3 N–H and O–H groups in total. The average Bonchev–Trinajstić information content (AvgIpc) is 2.95. The van der Waals surface area contributed by atoms with E-state index in [1.54, 1.807) is 0 Å². The van der Waals surface area contributed by atoms with E-state index >= 15 is 0 Å². The molecular formula is C19H29ClN4O2. The minimum Gasteiger partial charge on any atom is -0.355 e. The van der Waals surface area contributed by atoms with Crippen molar-refractivity contribution in [3.8, 4) is 0 Å². The number of nitrogens with one attached hydrogen (secondary N) is 1. The van der Waals surface area contributed by atoms with Crippen LogP contribution >= 0.6 is 12.4 Å². The molecule has 0 saturated carbocycles. The van der Waals surface area contributed by atoms with Gasteiger partial charge in [-0.25, -0.2) is 0 Å². The number of carbonyl (C=O) groups excluding carboxylic acids is 2. The summed E-state index contributed by atoms with van der Waals surface area (Å²) < 4.78 is 0. The van der Waals surface area contributed by atoms with Gasteiger partial charge in [0.25, 0.3) is 0 Å². The highest BCUT2D eigenvalue weighted by Gasteiger charge is 2.33. The molecule has 2 unspecified atom stereocenters. The second kappa shape index (κ2) is 9.35. The number of anilines is 1. The van der Waals surface area contributed by atoms with Crippen molar-refractivity contribution in [1.29, 1.82) is 0 Å². The molecule has 1 aromatic carbocycles. The molecule has 2 heterocycles. The Hall–Kier alpha value is -1.63. The van der Waals surface area contributed by atoms with Crippen LogP contribution in [0.1, 0.15) is 25.3 Å². The third-order valence-corrected chi connectivity index (χ3v) is 5.15. The van der Waals surface area contributed by atoms with Gasteiger partial charge < -0.3 is 16.0 Å². The van der Waals surface area contributed by atoms with Gasteiger partial charge in [-0.1, -0.05) is 18.2 Å². The number of fused-ring (bicyclic) bond motifs is 1. The predicted octanol–water partition coefficient (Wildman–Crippen LogP) is 1.17. The molecule has 2 aliphatic rings. The van der Waals surface area contributed by atoms with Gasteiger partial charge in [-0.3, -0.25) is 14.5 Å². The first-order valence-electron chi connectivity index (χ1n) is 9.20. The third-order valence-electron chi connectivity index (χ3n) is 5.15. The summed E-state index contributed by atoms with van der Waals surface area (Å²) in [6.45, 7) is 4.95. The largest absolute Gasteiger partial charge is 0.355 e. The maximum atomic E-state index is 12.9. The maximum Gasteiger partial charge on any atom is 0.241 e. The van der Waals surface area contributed by atoms with Crippen molar-refractivity contribution in [3.63, 3.8) is 0 Å². The van der Waals surface area contributed by atoms with E-state index in [1.807, 2.05) is 23.1 Å². The molecule has 26 heavy (non-hydrogen) atoms. The SMILES string of the molecule is CC1Cc2ccccc2N1C(=O)CN1CCCC(C(=O)NCCN)C1.Cl. The molecule has 6 nitrogen and oxygen atoms in total. The minimum absolute atomic E-state index is 0. The molecular weight excluding hydrogens is 352 g/mol. The highest BCUT2D eigenvalue weighted by Crippen LogP contribution is 2.32. The van der Waals surface area contributed by atoms with Gasteiger partial charge in [0.2, 0.25) is 11.8 Å². The van der Waals surface area contributed by atoms with E-state index in [4.69, 9.17) is 5.73 Å². The van der Waals surface area contributed by atoms with Crippen LogP contribution in [0, 0.1) is 5.92 Å². The first-order valence-corrected chi connectivity index (χ1v) is 9.20. The van der Waals surface area contributed by atoms with Crippen molar-refractivity contribution >= 4 is 29.9 Å². The number of hydrogen-bond acceptors (Lipinski definition) is 4. The molecule has 1 saturated heterocycles.